The van der Waals surface area contributed by atoms with E-state index in [1.54, 1.807) is 30.5 Å². The molecule has 5 heteroatoms. The van der Waals surface area contributed by atoms with Crippen molar-refractivity contribution in [2.75, 3.05) is 18.9 Å². The SMILES string of the molecule is Nc1cccc(OCCC(=O)OCCc2ccccn2)c1. The average molecular weight is 286 g/mol. The van der Waals surface area contributed by atoms with E-state index in [4.69, 9.17) is 15.2 Å². The Balaban J connectivity index is 1.61. The maximum atomic E-state index is 11.5. The molecule has 0 radical (unpaired) electrons. The van der Waals surface area contributed by atoms with Crippen LogP contribution in [-0.2, 0) is 16.0 Å². The lowest BCUT2D eigenvalue weighted by atomic mass is 10.3. The predicted octanol–water partition coefficient (Wildman–Crippen LogP) is 2.22. The molecule has 2 N–H and O–H groups in total. The topological polar surface area (TPSA) is 74.4 Å². The van der Waals surface area contributed by atoms with Crippen molar-refractivity contribution < 1.29 is 14.3 Å². The monoisotopic (exact) mass is 286 g/mol. The molecule has 1 aromatic carbocycles. The number of pyridine rings is 1. The van der Waals surface area contributed by atoms with Crippen molar-refractivity contribution in [2.24, 2.45) is 0 Å². The third kappa shape index (κ3) is 5.52. The van der Waals surface area contributed by atoms with Gasteiger partial charge in [0, 0.05) is 30.1 Å². The van der Waals surface area contributed by atoms with Gasteiger partial charge in [0.05, 0.1) is 19.6 Å². The molecule has 1 aromatic heterocycles. The molecule has 1 heterocycles. The second-order valence-corrected chi connectivity index (χ2v) is 4.46. The van der Waals surface area contributed by atoms with E-state index in [9.17, 15) is 4.79 Å². The molecule has 0 unspecified atom stereocenters. The minimum atomic E-state index is -0.283. The third-order valence-electron chi connectivity index (χ3n) is 2.78. The number of nitrogen functional groups attached to an aromatic ring is 1. The Morgan fingerprint density at radius 2 is 2.05 bits per heavy atom. The summed E-state index contributed by atoms with van der Waals surface area (Å²) in [5.74, 6) is 0.367. The fourth-order valence-corrected chi connectivity index (χ4v) is 1.74. The van der Waals surface area contributed by atoms with Gasteiger partial charge in [-0.3, -0.25) is 9.78 Å². The Labute approximate surface area is 123 Å². The molecule has 2 aromatic rings. The lowest BCUT2D eigenvalue weighted by molar-refractivity contribution is -0.144. The van der Waals surface area contributed by atoms with Gasteiger partial charge in [0.1, 0.15) is 5.75 Å². The molecule has 0 spiro atoms. The van der Waals surface area contributed by atoms with Crippen LogP contribution in [0, 0.1) is 0 Å². The van der Waals surface area contributed by atoms with Crippen molar-refractivity contribution in [3.05, 3.63) is 54.4 Å². The summed E-state index contributed by atoms with van der Waals surface area (Å²) in [4.78, 5) is 15.7. The van der Waals surface area contributed by atoms with Gasteiger partial charge in [-0.05, 0) is 24.3 Å². The molecule has 0 amide bonds. The number of anilines is 1. The fraction of sp³-hybridized carbons (Fsp3) is 0.250. The summed E-state index contributed by atoms with van der Waals surface area (Å²) in [6.45, 7) is 0.597. The number of hydrogen-bond acceptors (Lipinski definition) is 5. The highest BCUT2D eigenvalue weighted by Crippen LogP contribution is 2.14. The highest BCUT2D eigenvalue weighted by Gasteiger charge is 2.04. The molecule has 0 aliphatic rings. The third-order valence-corrected chi connectivity index (χ3v) is 2.78. The largest absolute Gasteiger partial charge is 0.493 e. The van der Waals surface area contributed by atoms with Crippen molar-refractivity contribution in [1.82, 2.24) is 4.98 Å². The lowest BCUT2D eigenvalue weighted by Gasteiger charge is -2.07. The summed E-state index contributed by atoms with van der Waals surface area (Å²) in [6, 6.07) is 12.7. The second kappa shape index (κ2) is 7.89. The van der Waals surface area contributed by atoms with Gasteiger partial charge in [0.25, 0.3) is 0 Å². The molecular weight excluding hydrogens is 268 g/mol. The van der Waals surface area contributed by atoms with E-state index in [-0.39, 0.29) is 19.0 Å². The number of hydrogen-bond donors (Lipinski definition) is 1. The van der Waals surface area contributed by atoms with E-state index in [0.717, 1.165) is 5.69 Å². The van der Waals surface area contributed by atoms with Crippen LogP contribution in [0.5, 0.6) is 5.75 Å². The number of ether oxygens (including phenoxy) is 2. The number of rotatable bonds is 7. The summed E-state index contributed by atoms with van der Waals surface area (Å²) in [7, 11) is 0. The molecule has 0 aliphatic heterocycles. The van der Waals surface area contributed by atoms with Gasteiger partial charge in [0.15, 0.2) is 0 Å². The van der Waals surface area contributed by atoms with Crippen LogP contribution in [0.4, 0.5) is 5.69 Å². The first-order valence-electron chi connectivity index (χ1n) is 6.78. The van der Waals surface area contributed by atoms with Crippen LogP contribution in [0.2, 0.25) is 0 Å². The van der Waals surface area contributed by atoms with Crippen LogP contribution in [-0.4, -0.2) is 24.2 Å². The molecule has 0 saturated carbocycles. The van der Waals surface area contributed by atoms with E-state index in [1.807, 2.05) is 18.2 Å². The zero-order valence-electron chi connectivity index (χ0n) is 11.7. The quantitative estimate of drug-likeness (QED) is 0.624. The summed E-state index contributed by atoms with van der Waals surface area (Å²) >= 11 is 0. The van der Waals surface area contributed by atoms with Crippen LogP contribution < -0.4 is 10.5 Å². The molecular formula is C16H18N2O3. The fourth-order valence-electron chi connectivity index (χ4n) is 1.74. The Bertz CT molecular complexity index is 573. The van der Waals surface area contributed by atoms with E-state index < -0.39 is 0 Å². The van der Waals surface area contributed by atoms with Gasteiger partial charge in [-0.15, -0.1) is 0 Å². The van der Waals surface area contributed by atoms with Crippen LogP contribution in [0.15, 0.2) is 48.7 Å². The summed E-state index contributed by atoms with van der Waals surface area (Å²) < 4.78 is 10.6. The zero-order chi connectivity index (χ0) is 14.9. The van der Waals surface area contributed by atoms with E-state index in [0.29, 0.717) is 24.5 Å². The van der Waals surface area contributed by atoms with Gasteiger partial charge in [-0.1, -0.05) is 12.1 Å². The van der Waals surface area contributed by atoms with Crippen LogP contribution in [0.1, 0.15) is 12.1 Å². The Hall–Kier alpha value is -2.56. The zero-order valence-corrected chi connectivity index (χ0v) is 11.7. The highest BCUT2D eigenvalue weighted by molar-refractivity contribution is 5.69. The predicted molar refractivity (Wildman–Crippen MR) is 79.9 cm³/mol. The number of benzene rings is 1. The minimum absolute atomic E-state index is 0.205. The summed E-state index contributed by atoms with van der Waals surface area (Å²) in [5, 5.41) is 0. The number of carbonyl (C=O) groups excluding carboxylic acids is 1. The lowest BCUT2D eigenvalue weighted by Crippen LogP contribution is -2.12. The number of esters is 1. The molecule has 0 bridgehead atoms. The van der Waals surface area contributed by atoms with E-state index in [1.165, 1.54) is 0 Å². The average Bonchev–Trinajstić information content (AvgIpc) is 2.48. The second-order valence-electron chi connectivity index (χ2n) is 4.46. The maximum Gasteiger partial charge on any atom is 0.309 e. The van der Waals surface area contributed by atoms with E-state index in [2.05, 4.69) is 4.98 Å². The van der Waals surface area contributed by atoms with Crippen molar-refractivity contribution in [3.8, 4) is 5.75 Å². The molecule has 0 atom stereocenters. The van der Waals surface area contributed by atoms with Crippen molar-refractivity contribution in [2.45, 2.75) is 12.8 Å². The molecule has 0 saturated heterocycles. The summed E-state index contributed by atoms with van der Waals surface area (Å²) in [5.41, 5.74) is 7.17. The first-order valence-corrected chi connectivity index (χ1v) is 6.78. The molecule has 0 aliphatic carbocycles. The van der Waals surface area contributed by atoms with Gasteiger partial charge >= 0.3 is 5.97 Å². The highest BCUT2D eigenvalue weighted by atomic mass is 16.5. The smallest absolute Gasteiger partial charge is 0.309 e. The van der Waals surface area contributed by atoms with Crippen LogP contribution in [0.3, 0.4) is 0 Å². The standard InChI is InChI=1S/C16H18N2O3/c17-13-4-3-6-15(12-13)20-11-8-16(19)21-10-7-14-5-1-2-9-18-14/h1-6,9,12H,7-8,10-11,17H2. The number of carbonyl (C=O) groups is 1. The first kappa shape index (κ1) is 14.8. The first-order chi connectivity index (χ1) is 10.2. The van der Waals surface area contributed by atoms with Gasteiger partial charge < -0.3 is 15.2 Å². The molecule has 0 fully saturated rings. The molecule has 110 valence electrons. The van der Waals surface area contributed by atoms with Crippen molar-refractivity contribution in [3.63, 3.8) is 0 Å². The Kier molecular flexibility index (Phi) is 5.58. The van der Waals surface area contributed by atoms with Gasteiger partial charge in [-0.25, -0.2) is 0 Å². The van der Waals surface area contributed by atoms with Crippen molar-refractivity contribution >= 4 is 11.7 Å². The summed E-state index contributed by atoms with van der Waals surface area (Å²) in [6.07, 6.45) is 2.54. The maximum absolute atomic E-state index is 11.5. The number of nitrogens with two attached hydrogens (primary N) is 1. The number of aromatic nitrogens is 1. The molecule has 21 heavy (non-hydrogen) atoms. The number of nitrogens with zero attached hydrogens (tertiary/aromatic N) is 1. The molecule has 5 nitrogen and oxygen atoms in total. The van der Waals surface area contributed by atoms with Crippen LogP contribution >= 0.6 is 0 Å². The Morgan fingerprint density at radius 3 is 2.81 bits per heavy atom. The van der Waals surface area contributed by atoms with Gasteiger partial charge in [-0.2, -0.15) is 0 Å². The molecule has 2 rings (SSSR count). The normalized spacial score (nSPS) is 10.1. The minimum Gasteiger partial charge on any atom is -0.493 e. The van der Waals surface area contributed by atoms with E-state index >= 15 is 0 Å². The van der Waals surface area contributed by atoms with Crippen molar-refractivity contribution in [1.29, 1.82) is 0 Å². The van der Waals surface area contributed by atoms with Gasteiger partial charge in [0.2, 0.25) is 0 Å². The Morgan fingerprint density at radius 1 is 1.14 bits per heavy atom. The van der Waals surface area contributed by atoms with Crippen LogP contribution in [0.25, 0.3) is 0 Å².